The molecule has 0 radical (unpaired) electrons. The van der Waals surface area contributed by atoms with Crippen molar-refractivity contribution in [3.63, 3.8) is 0 Å². The molecule has 4 nitrogen and oxygen atoms in total. The minimum absolute atomic E-state index is 0.120. The standard InChI is InChI=1S/C16H23F3N2O2/c1-4-21(12(2)3)14-7-5-13(6-8-14)20-15(22)9-10-23-11-16(17,18)19/h5-8,12H,4,9-11H2,1-3H3,(H,20,22). The number of nitrogens with zero attached hydrogens (tertiary/aromatic N) is 1. The Morgan fingerprint density at radius 1 is 1.26 bits per heavy atom. The fraction of sp³-hybridized carbons (Fsp3) is 0.562. The van der Waals surface area contributed by atoms with Crippen LogP contribution in [-0.4, -0.2) is 37.9 Å². The van der Waals surface area contributed by atoms with Crippen molar-refractivity contribution in [2.45, 2.75) is 39.4 Å². The van der Waals surface area contributed by atoms with Crippen molar-refractivity contribution in [2.75, 3.05) is 30.0 Å². The van der Waals surface area contributed by atoms with E-state index >= 15 is 0 Å². The highest BCUT2D eigenvalue weighted by atomic mass is 19.4. The molecule has 1 N–H and O–H groups in total. The molecular formula is C16H23F3N2O2. The van der Waals surface area contributed by atoms with Crippen LogP contribution in [-0.2, 0) is 9.53 Å². The van der Waals surface area contributed by atoms with E-state index in [4.69, 9.17) is 0 Å². The van der Waals surface area contributed by atoms with Crippen LogP contribution in [0.1, 0.15) is 27.2 Å². The summed E-state index contributed by atoms with van der Waals surface area (Å²) in [6, 6.07) is 7.72. The molecule has 130 valence electrons. The Hall–Kier alpha value is -1.76. The zero-order valence-corrected chi connectivity index (χ0v) is 13.6. The number of alkyl halides is 3. The maximum Gasteiger partial charge on any atom is 0.411 e. The average Bonchev–Trinajstić information content (AvgIpc) is 2.45. The van der Waals surface area contributed by atoms with E-state index in [9.17, 15) is 18.0 Å². The molecule has 0 heterocycles. The molecule has 0 saturated heterocycles. The summed E-state index contributed by atoms with van der Waals surface area (Å²) in [6.45, 7) is 5.54. The van der Waals surface area contributed by atoms with Gasteiger partial charge in [-0.1, -0.05) is 0 Å². The third-order valence-electron chi connectivity index (χ3n) is 3.19. The van der Waals surface area contributed by atoms with Crippen molar-refractivity contribution in [3.8, 4) is 0 Å². The van der Waals surface area contributed by atoms with Crippen LogP contribution in [0.5, 0.6) is 0 Å². The fourth-order valence-corrected chi connectivity index (χ4v) is 2.16. The second-order valence-corrected chi connectivity index (χ2v) is 5.39. The number of nitrogens with one attached hydrogen (secondary N) is 1. The smallest absolute Gasteiger partial charge is 0.372 e. The van der Waals surface area contributed by atoms with E-state index in [1.54, 1.807) is 12.1 Å². The lowest BCUT2D eigenvalue weighted by atomic mass is 10.2. The minimum atomic E-state index is -4.37. The highest BCUT2D eigenvalue weighted by molar-refractivity contribution is 5.90. The molecule has 1 amide bonds. The van der Waals surface area contributed by atoms with Crippen LogP contribution in [0.3, 0.4) is 0 Å². The van der Waals surface area contributed by atoms with E-state index < -0.39 is 12.8 Å². The van der Waals surface area contributed by atoms with Gasteiger partial charge in [-0.3, -0.25) is 4.79 Å². The first-order valence-corrected chi connectivity index (χ1v) is 7.54. The highest BCUT2D eigenvalue weighted by Crippen LogP contribution is 2.20. The molecule has 0 fully saturated rings. The molecule has 0 saturated carbocycles. The fourth-order valence-electron chi connectivity index (χ4n) is 2.16. The number of anilines is 2. The van der Waals surface area contributed by atoms with E-state index in [-0.39, 0.29) is 18.9 Å². The van der Waals surface area contributed by atoms with Crippen molar-refractivity contribution in [2.24, 2.45) is 0 Å². The van der Waals surface area contributed by atoms with Crippen molar-refractivity contribution >= 4 is 17.3 Å². The Morgan fingerprint density at radius 2 is 1.87 bits per heavy atom. The normalized spacial score (nSPS) is 11.6. The second-order valence-electron chi connectivity index (χ2n) is 5.39. The van der Waals surface area contributed by atoms with Crippen LogP contribution in [0.4, 0.5) is 24.5 Å². The number of carbonyl (C=O) groups excluding carboxylic acids is 1. The molecule has 0 unspecified atom stereocenters. The Morgan fingerprint density at radius 3 is 2.35 bits per heavy atom. The Bertz CT molecular complexity index is 487. The monoisotopic (exact) mass is 332 g/mol. The summed E-state index contributed by atoms with van der Waals surface area (Å²) in [6.07, 6.45) is -4.49. The quantitative estimate of drug-likeness (QED) is 0.736. The van der Waals surface area contributed by atoms with E-state index in [1.165, 1.54) is 0 Å². The van der Waals surface area contributed by atoms with Crippen LogP contribution in [0.2, 0.25) is 0 Å². The maximum absolute atomic E-state index is 11.9. The van der Waals surface area contributed by atoms with Gasteiger partial charge in [-0.2, -0.15) is 13.2 Å². The van der Waals surface area contributed by atoms with Gasteiger partial charge in [0, 0.05) is 24.0 Å². The molecule has 0 aromatic heterocycles. The summed E-state index contributed by atoms with van der Waals surface area (Å²) in [5.41, 5.74) is 1.66. The molecule has 0 aliphatic heterocycles. The van der Waals surface area contributed by atoms with Crippen LogP contribution in [0.15, 0.2) is 24.3 Å². The Kier molecular flexibility index (Phi) is 7.35. The molecule has 0 atom stereocenters. The topological polar surface area (TPSA) is 41.6 Å². The number of benzene rings is 1. The first kappa shape index (κ1) is 19.3. The SMILES string of the molecule is CCN(c1ccc(NC(=O)CCOCC(F)(F)F)cc1)C(C)C. The zero-order chi connectivity index (χ0) is 17.5. The van der Waals surface area contributed by atoms with E-state index in [0.717, 1.165) is 12.2 Å². The summed E-state index contributed by atoms with van der Waals surface area (Å²) in [5, 5.41) is 2.63. The number of rotatable bonds is 8. The first-order chi connectivity index (χ1) is 10.7. The molecule has 23 heavy (non-hydrogen) atoms. The first-order valence-electron chi connectivity index (χ1n) is 7.54. The van der Waals surface area contributed by atoms with E-state index in [0.29, 0.717) is 11.7 Å². The summed E-state index contributed by atoms with van der Waals surface area (Å²) in [4.78, 5) is 13.8. The number of carbonyl (C=O) groups is 1. The molecule has 0 aliphatic carbocycles. The van der Waals surface area contributed by atoms with Gasteiger partial charge < -0.3 is 15.0 Å². The van der Waals surface area contributed by atoms with Crippen molar-refractivity contribution < 1.29 is 22.7 Å². The van der Waals surface area contributed by atoms with Gasteiger partial charge in [-0.25, -0.2) is 0 Å². The zero-order valence-electron chi connectivity index (χ0n) is 13.6. The van der Waals surface area contributed by atoms with Gasteiger partial charge in [-0.05, 0) is 45.0 Å². The summed E-state index contributed by atoms with van der Waals surface area (Å²) in [7, 11) is 0. The number of hydrogen-bond donors (Lipinski definition) is 1. The maximum atomic E-state index is 11.9. The molecular weight excluding hydrogens is 309 g/mol. The van der Waals surface area contributed by atoms with Crippen LogP contribution >= 0.6 is 0 Å². The average molecular weight is 332 g/mol. The lowest BCUT2D eigenvalue weighted by molar-refractivity contribution is -0.174. The Balaban J connectivity index is 2.44. The van der Waals surface area contributed by atoms with Crippen molar-refractivity contribution in [3.05, 3.63) is 24.3 Å². The van der Waals surface area contributed by atoms with Gasteiger partial charge in [0.1, 0.15) is 6.61 Å². The molecule has 0 bridgehead atoms. The predicted molar refractivity (Wildman–Crippen MR) is 84.7 cm³/mol. The number of halogens is 3. The lowest BCUT2D eigenvalue weighted by Gasteiger charge is -2.27. The molecule has 1 aromatic rings. The van der Waals surface area contributed by atoms with Crippen LogP contribution in [0.25, 0.3) is 0 Å². The number of amides is 1. The van der Waals surface area contributed by atoms with Crippen molar-refractivity contribution in [1.82, 2.24) is 0 Å². The third-order valence-corrected chi connectivity index (χ3v) is 3.19. The van der Waals surface area contributed by atoms with E-state index in [2.05, 4.69) is 35.7 Å². The van der Waals surface area contributed by atoms with E-state index in [1.807, 2.05) is 12.1 Å². The van der Waals surface area contributed by atoms with Crippen LogP contribution < -0.4 is 10.2 Å². The van der Waals surface area contributed by atoms with Gasteiger partial charge in [0.05, 0.1) is 13.0 Å². The van der Waals surface area contributed by atoms with Crippen LogP contribution in [0, 0.1) is 0 Å². The molecule has 1 aromatic carbocycles. The largest absolute Gasteiger partial charge is 0.411 e. The highest BCUT2D eigenvalue weighted by Gasteiger charge is 2.27. The van der Waals surface area contributed by atoms with Gasteiger partial charge in [-0.15, -0.1) is 0 Å². The summed E-state index contributed by atoms with van der Waals surface area (Å²) < 4.78 is 40.1. The summed E-state index contributed by atoms with van der Waals surface area (Å²) >= 11 is 0. The van der Waals surface area contributed by atoms with Gasteiger partial charge >= 0.3 is 6.18 Å². The third kappa shape index (κ3) is 7.36. The minimum Gasteiger partial charge on any atom is -0.372 e. The van der Waals surface area contributed by atoms with Gasteiger partial charge in [0.2, 0.25) is 5.91 Å². The van der Waals surface area contributed by atoms with Gasteiger partial charge in [0.15, 0.2) is 0 Å². The molecule has 0 spiro atoms. The number of hydrogen-bond acceptors (Lipinski definition) is 3. The summed E-state index contributed by atoms with van der Waals surface area (Å²) in [5.74, 6) is -0.379. The lowest BCUT2D eigenvalue weighted by Crippen LogP contribution is -2.30. The molecule has 7 heteroatoms. The molecule has 1 rings (SSSR count). The Labute approximate surface area is 134 Å². The van der Waals surface area contributed by atoms with Gasteiger partial charge in [0.25, 0.3) is 0 Å². The second kappa shape index (κ2) is 8.76. The predicted octanol–water partition coefficient (Wildman–Crippen LogP) is 3.83. The van der Waals surface area contributed by atoms with Crippen molar-refractivity contribution in [1.29, 1.82) is 0 Å². The number of ether oxygens (including phenoxy) is 1. The molecule has 0 aliphatic rings.